The van der Waals surface area contributed by atoms with Gasteiger partial charge >= 0.3 is 5.69 Å². The number of hydrogen-bond donors (Lipinski definition) is 1. The van der Waals surface area contributed by atoms with Crippen molar-refractivity contribution in [3.63, 3.8) is 0 Å². The van der Waals surface area contributed by atoms with Gasteiger partial charge in [0.15, 0.2) is 0 Å². The zero-order chi connectivity index (χ0) is 14.7. The van der Waals surface area contributed by atoms with Crippen molar-refractivity contribution in [2.24, 2.45) is 13.0 Å². The van der Waals surface area contributed by atoms with Gasteiger partial charge in [-0.15, -0.1) is 0 Å². The van der Waals surface area contributed by atoms with Crippen molar-refractivity contribution in [3.8, 4) is 0 Å². The summed E-state index contributed by atoms with van der Waals surface area (Å²) in [5.74, 6) is 0.948. The van der Waals surface area contributed by atoms with E-state index in [0.29, 0.717) is 17.4 Å². The van der Waals surface area contributed by atoms with E-state index in [1.165, 1.54) is 25.9 Å². The van der Waals surface area contributed by atoms with Crippen LogP contribution in [0.5, 0.6) is 0 Å². The second kappa shape index (κ2) is 6.21. The van der Waals surface area contributed by atoms with Crippen molar-refractivity contribution in [2.45, 2.75) is 26.7 Å². The highest BCUT2D eigenvalue weighted by molar-refractivity contribution is 5.59. The minimum atomic E-state index is -0.365. The van der Waals surface area contributed by atoms with Crippen molar-refractivity contribution in [3.05, 3.63) is 15.8 Å². The van der Waals surface area contributed by atoms with Gasteiger partial charge in [0.25, 0.3) is 0 Å². The SMILES string of the molecule is Cc1nn(C)c(NCC(C)CN2CCCC2)c1[N+](=O)[O-]. The zero-order valence-electron chi connectivity index (χ0n) is 12.4. The number of nitrogens with zero attached hydrogens (tertiary/aromatic N) is 4. The topological polar surface area (TPSA) is 76.2 Å². The molecule has 1 atom stereocenters. The summed E-state index contributed by atoms with van der Waals surface area (Å²) in [5.41, 5.74) is 0.535. The Balaban J connectivity index is 1.94. The normalized spacial score (nSPS) is 17.4. The number of nitro groups is 1. The molecule has 0 aromatic carbocycles. The second-order valence-electron chi connectivity index (χ2n) is 5.66. The van der Waals surface area contributed by atoms with Gasteiger partial charge in [-0.05, 0) is 38.8 Å². The molecular weight excluding hydrogens is 258 g/mol. The maximum atomic E-state index is 11.1. The summed E-state index contributed by atoms with van der Waals surface area (Å²) in [4.78, 5) is 13.2. The summed E-state index contributed by atoms with van der Waals surface area (Å²) in [6.07, 6.45) is 2.57. The van der Waals surface area contributed by atoms with Crippen LogP contribution in [0.4, 0.5) is 11.5 Å². The van der Waals surface area contributed by atoms with Crippen molar-refractivity contribution in [1.82, 2.24) is 14.7 Å². The number of aryl methyl sites for hydroxylation is 2. The van der Waals surface area contributed by atoms with Gasteiger partial charge in [-0.1, -0.05) is 6.92 Å². The van der Waals surface area contributed by atoms with Gasteiger partial charge in [-0.3, -0.25) is 10.1 Å². The summed E-state index contributed by atoms with van der Waals surface area (Å²) < 4.78 is 1.55. The molecule has 1 aromatic rings. The highest BCUT2D eigenvalue weighted by atomic mass is 16.6. The fourth-order valence-electron chi connectivity index (χ4n) is 2.81. The van der Waals surface area contributed by atoms with Crippen LogP contribution < -0.4 is 5.32 Å². The van der Waals surface area contributed by atoms with E-state index in [4.69, 9.17) is 0 Å². The van der Waals surface area contributed by atoms with E-state index < -0.39 is 0 Å². The minimum absolute atomic E-state index is 0.0841. The molecule has 1 aliphatic rings. The predicted octanol–water partition coefficient (Wildman–Crippen LogP) is 1.78. The lowest BCUT2D eigenvalue weighted by molar-refractivity contribution is -0.384. The summed E-state index contributed by atoms with van der Waals surface area (Å²) in [5, 5.41) is 18.4. The molecule has 7 heteroatoms. The van der Waals surface area contributed by atoms with Gasteiger partial charge in [-0.25, -0.2) is 4.68 Å². The lowest BCUT2D eigenvalue weighted by Crippen LogP contribution is -2.29. The number of rotatable bonds is 6. The molecule has 1 fully saturated rings. The summed E-state index contributed by atoms with van der Waals surface area (Å²) in [6, 6.07) is 0. The van der Waals surface area contributed by atoms with Crippen LogP contribution in [0.25, 0.3) is 0 Å². The third-order valence-corrected chi connectivity index (χ3v) is 3.76. The van der Waals surface area contributed by atoms with Gasteiger partial charge < -0.3 is 10.2 Å². The summed E-state index contributed by atoms with van der Waals surface area (Å²) in [7, 11) is 1.73. The van der Waals surface area contributed by atoms with Crippen molar-refractivity contribution >= 4 is 11.5 Å². The first-order valence-electron chi connectivity index (χ1n) is 7.13. The molecule has 20 heavy (non-hydrogen) atoms. The van der Waals surface area contributed by atoms with E-state index >= 15 is 0 Å². The standard InChI is InChI=1S/C13H23N5O2/c1-10(9-17-6-4-5-7-17)8-14-13-12(18(19)20)11(2)15-16(13)3/h10,14H,4-9H2,1-3H3. The van der Waals surface area contributed by atoms with E-state index in [1.54, 1.807) is 18.7 Å². The molecule has 112 valence electrons. The van der Waals surface area contributed by atoms with E-state index in [0.717, 1.165) is 13.1 Å². The first-order valence-corrected chi connectivity index (χ1v) is 7.13. The van der Waals surface area contributed by atoms with E-state index in [9.17, 15) is 10.1 Å². The average molecular weight is 281 g/mol. The molecule has 2 heterocycles. The maximum absolute atomic E-state index is 11.1. The molecule has 1 unspecified atom stereocenters. The molecule has 0 bridgehead atoms. The smallest absolute Gasteiger partial charge is 0.333 e. The van der Waals surface area contributed by atoms with Crippen LogP contribution in [0, 0.1) is 23.0 Å². The molecule has 0 amide bonds. The second-order valence-corrected chi connectivity index (χ2v) is 5.66. The summed E-state index contributed by atoms with van der Waals surface area (Å²) >= 11 is 0. The number of aromatic nitrogens is 2. The first-order chi connectivity index (χ1) is 9.49. The number of anilines is 1. The summed E-state index contributed by atoms with van der Waals surface area (Å²) in [6.45, 7) is 7.94. The van der Waals surface area contributed by atoms with Crippen molar-refractivity contribution in [2.75, 3.05) is 31.5 Å². The Kier molecular flexibility index (Phi) is 4.59. The minimum Gasteiger partial charge on any atom is -0.364 e. The van der Waals surface area contributed by atoms with Crippen LogP contribution >= 0.6 is 0 Å². The molecule has 1 saturated heterocycles. The molecule has 2 rings (SSSR count). The average Bonchev–Trinajstić information content (AvgIpc) is 2.94. The molecular formula is C13H23N5O2. The van der Waals surface area contributed by atoms with Gasteiger partial charge in [-0.2, -0.15) is 5.10 Å². The van der Waals surface area contributed by atoms with Crippen molar-refractivity contribution < 1.29 is 4.92 Å². The van der Waals surface area contributed by atoms with Gasteiger partial charge in [0.2, 0.25) is 5.82 Å². The monoisotopic (exact) mass is 281 g/mol. The van der Waals surface area contributed by atoms with Crippen LogP contribution in [0.3, 0.4) is 0 Å². The van der Waals surface area contributed by atoms with Gasteiger partial charge in [0.05, 0.1) is 4.92 Å². The highest BCUT2D eigenvalue weighted by Crippen LogP contribution is 2.27. The molecule has 0 saturated carbocycles. The molecule has 0 aliphatic carbocycles. The third-order valence-electron chi connectivity index (χ3n) is 3.76. The highest BCUT2D eigenvalue weighted by Gasteiger charge is 2.24. The zero-order valence-corrected chi connectivity index (χ0v) is 12.4. The third kappa shape index (κ3) is 3.27. The molecule has 0 spiro atoms. The first kappa shape index (κ1) is 14.8. The largest absolute Gasteiger partial charge is 0.364 e. The Labute approximate surface area is 119 Å². The molecule has 0 radical (unpaired) electrons. The van der Waals surface area contributed by atoms with Crippen molar-refractivity contribution in [1.29, 1.82) is 0 Å². The number of hydrogen-bond acceptors (Lipinski definition) is 5. The number of nitrogens with one attached hydrogen (secondary N) is 1. The Hall–Kier alpha value is -1.63. The van der Waals surface area contributed by atoms with Crippen LogP contribution in [0.2, 0.25) is 0 Å². The maximum Gasteiger partial charge on any atom is 0.333 e. The van der Waals surface area contributed by atoms with Crippen LogP contribution in [-0.2, 0) is 7.05 Å². The lowest BCUT2D eigenvalue weighted by atomic mass is 10.1. The number of likely N-dealkylation sites (tertiary alicyclic amines) is 1. The van der Waals surface area contributed by atoms with Crippen LogP contribution in [0.15, 0.2) is 0 Å². The fraction of sp³-hybridized carbons (Fsp3) is 0.769. The van der Waals surface area contributed by atoms with E-state index in [1.807, 2.05) is 0 Å². The Morgan fingerprint density at radius 2 is 2.10 bits per heavy atom. The predicted molar refractivity (Wildman–Crippen MR) is 77.9 cm³/mol. The van der Waals surface area contributed by atoms with Crippen LogP contribution in [0.1, 0.15) is 25.5 Å². The molecule has 1 aliphatic heterocycles. The van der Waals surface area contributed by atoms with Crippen LogP contribution in [-0.4, -0.2) is 45.8 Å². The Morgan fingerprint density at radius 1 is 1.45 bits per heavy atom. The van der Waals surface area contributed by atoms with Gasteiger partial charge in [0.1, 0.15) is 5.69 Å². The quantitative estimate of drug-likeness (QED) is 0.635. The van der Waals surface area contributed by atoms with Gasteiger partial charge in [0, 0.05) is 20.1 Å². The van der Waals surface area contributed by atoms with E-state index in [2.05, 4.69) is 22.2 Å². The molecule has 1 N–H and O–H groups in total. The fourth-order valence-corrected chi connectivity index (χ4v) is 2.81. The van der Waals surface area contributed by atoms with E-state index in [-0.39, 0.29) is 10.6 Å². The Morgan fingerprint density at radius 3 is 2.70 bits per heavy atom. The lowest BCUT2D eigenvalue weighted by Gasteiger charge is -2.20. The molecule has 7 nitrogen and oxygen atoms in total. The molecule has 1 aromatic heterocycles. The Bertz CT molecular complexity index is 479.